The molecule has 0 aliphatic rings. The normalized spacial score (nSPS) is 10.8. The van der Waals surface area contributed by atoms with E-state index < -0.39 is 20.8 Å². The number of fused-ring (bicyclic) bond motifs is 1. The van der Waals surface area contributed by atoms with Crippen LogP contribution in [0.2, 0.25) is 0 Å². The summed E-state index contributed by atoms with van der Waals surface area (Å²) in [5.41, 5.74) is 8.25. The van der Waals surface area contributed by atoms with Crippen molar-refractivity contribution >= 4 is 27.8 Å². The number of hydrogen-bond acceptors (Lipinski definition) is 0. The van der Waals surface area contributed by atoms with E-state index in [0.29, 0.717) is 5.92 Å². The van der Waals surface area contributed by atoms with Gasteiger partial charge in [-0.25, -0.2) is 0 Å². The van der Waals surface area contributed by atoms with Crippen LogP contribution >= 0.6 is 17.0 Å². The molecule has 0 saturated heterocycles. The van der Waals surface area contributed by atoms with Gasteiger partial charge in [0.2, 0.25) is 0 Å². The van der Waals surface area contributed by atoms with E-state index in [2.05, 4.69) is 99.6 Å². The van der Waals surface area contributed by atoms with E-state index in [0.717, 1.165) is 6.42 Å². The minimum atomic E-state index is -0.826. The molecule has 0 N–H and O–H groups in total. The maximum absolute atomic E-state index is 4.93. The first kappa shape index (κ1) is 24.4. The second-order valence-corrected chi connectivity index (χ2v) is 11.9. The number of hydrogen-bond donors (Lipinski definition) is 0. The molecule has 0 spiro atoms. The Morgan fingerprint density at radius 1 is 0.871 bits per heavy atom. The van der Waals surface area contributed by atoms with Crippen LogP contribution in [0.1, 0.15) is 50.7 Å². The van der Waals surface area contributed by atoms with Gasteiger partial charge in [-0.2, -0.15) is 6.07 Å². The molecule has 0 saturated carbocycles. The summed E-state index contributed by atoms with van der Waals surface area (Å²) in [7, 11) is 9.87. The van der Waals surface area contributed by atoms with Crippen LogP contribution in [0.5, 0.6) is 0 Å². The zero-order chi connectivity index (χ0) is 22.2. The van der Waals surface area contributed by atoms with E-state index in [-0.39, 0.29) is 0 Å². The van der Waals surface area contributed by atoms with E-state index in [1.54, 1.807) is 0 Å². The summed E-state index contributed by atoms with van der Waals surface area (Å²) >= 11 is -0.826. The van der Waals surface area contributed by atoms with Gasteiger partial charge in [0.25, 0.3) is 0 Å². The van der Waals surface area contributed by atoms with Gasteiger partial charge in [0, 0.05) is 0 Å². The second kappa shape index (κ2) is 12.1. The third-order valence-electron chi connectivity index (χ3n) is 5.71. The molecule has 0 aliphatic carbocycles. The van der Waals surface area contributed by atoms with E-state index in [4.69, 9.17) is 17.0 Å². The summed E-state index contributed by atoms with van der Waals surface area (Å²) in [4.78, 5) is 0. The van der Waals surface area contributed by atoms with Gasteiger partial charge in [-0.1, -0.05) is 99.8 Å². The molecule has 3 heteroatoms. The minimum absolute atomic E-state index is 0.490. The van der Waals surface area contributed by atoms with Crippen molar-refractivity contribution in [3.8, 4) is 22.3 Å². The Kier molecular flexibility index (Phi) is 9.52. The molecule has 0 aromatic heterocycles. The van der Waals surface area contributed by atoms with Gasteiger partial charge >= 0.3 is 37.9 Å². The van der Waals surface area contributed by atoms with Crippen LogP contribution in [0.3, 0.4) is 0 Å². The van der Waals surface area contributed by atoms with Gasteiger partial charge in [-0.3, -0.25) is 0 Å². The van der Waals surface area contributed by atoms with Crippen molar-refractivity contribution in [2.24, 2.45) is 0 Å². The molecule has 4 aromatic rings. The molecule has 0 nitrogen and oxygen atoms in total. The van der Waals surface area contributed by atoms with Crippen LogP contribution < -0.4 is 0 Å². The fourth-order valence-electron chi connectivity index (χ4n) is 4.25. The third-order valence-corrected chi connectivity index (χ3v) is 5.71. The van der Waals surface area contributed by atoms with Crippen LogP contribution in [0, 0.1) is 0 Å². The molecule has 0 atom stereocenters. The fraction of sp³-hybridized carbons (Fsp3) is 0.250. The molecule has 4 rings (SSSR count). The number of unbranched alkanes of at least 4 members (excludes halogenated alkanes) is 1. The molecule has 31 heavy (non-hydrogen) atoms. The van der Waals surface area contributed by atoms with Gasteiger partial charge in [0.15, 0.2) is 0 Å². The molecular weight excluding hydrogens is 498 g/mol. The summed E-state index contributed by atoms with van der Waals surface area (Å²) in [6.45, 7) is 6.85. The predicted octanol–water partition coefficient (Wildman–Crippen LogP) is 9.74. The Labute approximate surface area is 205 Å². The van der Waals surface area contributed by atoms with Crippen molar-refractivity contribution in [2.45, 2.75) is 46.0 Å². The molecule has 0 amide bonds. The Balaban J connectivity index is 0.000000858. The third kappa shape index (κ3) is 5.95. The standard InChI is InChI=1S/C28H29.2ClH.Zr/c1-4-5-11-21-18-23-16-17-25(22-12-7-6-8-13-22)28(27(23)19-21)26-15-10-9-14-24(26)20(2)3;;;/h6-10,12-20H,4-5,11H2,1-3H3;2*1H;/q-1;;;+2/p-2. The molecule has 0 fully saturated rings. The number of halogens is 2. The van der Waals surface area contributed by atoms with E-state index in [9.17, 15) is 0 Å². The van der Waals surface area contributed by atoms with Crippen molar-refractivity contribution in [3.05, 3.63) is 90.0 Å². The van der Waals surface area contributed by atoms with Crippen molar-refractivity contribution in [3.63, 3.8) is 0 Å². The quantitative estimate of drug-likeness (QED) is 0.219. The second-order valence-electron chi connectivity index (χ2n) is 8.14. The van der Waals surface area contributed by atoms with Crippen molar-refractivity contribution in [1.82, 2.24) is 0 Å². The Hall–Kier alpha value is -1.27. The monoisotopic (exact) mass is 525 g/mol. The predicted molar refractivity (Wildman–Crippen MR) is 135 cm³/mol. The zero-order valence-corrected chi connectivity index (χ0v) is 22.4. The first-order valence-electron chi connectivity index (χ1n) is 10.9. The summed E-state index contributed by atoms with van der Waals surface area (Å²) in [5.74, 6) is 0.490. The van der Waals surface area contributed by atoms with Gasteiger partial charge in [-0.15, -0.1) is 28.5 Å². The number of benzene rings is 3. The summed E-state index contributed by atoms with van der Waals surface area (Å²) in [6, 6.07) is 29.2. The summed E-state index contributed by atoms with van der Waals surface area (Å²) < 4.78 is 0. The molecule has 0 aliphatic heterocycles. The SMILES string of the molecule is CCCCc1cc2c(-c3ccccc3C(C)C)c(-c3ccccc3)ccc2[cH-]1.[Cl][Zr][Cl]. The summed E-state index contributed by atoms with van der Waals surface area (Å²) in [6.07, 6.45) is 3.65. The number of rotatable bonds is 6. The average Bonchev–Trinajstić information content (AvgIpc) is 3.21. The van der Waals surface area contributed by atoms with Crippen LogP contribution in [0.4, 0.5) is 0 Å². The van der Waals surface area contributed by atoms with Crippen LogP contribution in [0.25, 0.3) is 33.0 Å². The first-order chi connectivity index (χ1) is 15.1. The zero-order valence-electron chi connectivity index (χ0n) is 18.5. The first-order valence-corrected chi connectivity index (χ1v) is 17.3. The Bertz CT molecular complexity index is 1100. The van der Waals surface area contributed by atoms with Crippen molar-refractivity contribution in [1.29, 1.82) is 0 Å². The van der Waals surface area contributed by atoms with Crippen LogP contribution in [0.15, 0.2) is 78.9 Å². The van der Waals surface area contributed by atoms with Crippen molar-refractivity contribution < 1.29 is 20.8 Å². The van der Waals surface area contributed by atoms with Gasteiger partial charge in [-0.05, 0) is 34.6 Å². The molecule has 0 radical (unpaired) electrons. The maximum atomic E-state index is 4.93. The molecule has 0 unspecified atom stereocenters. The molecule has 160 valence electrons. The number of aryl methyl sites for hydroxylation is 1. The molecular formula is C28H29Cl2Zr-. The fourth-order valence-corrected chi connectivity index (χ4v) is 4.25. The molecule has 0 heterocycles. The van der Waals surface area contributed by atoms with Crippen LogP contribution in [-0.2, 0) is 27.3 Å². The van der Waals surface area contributed by atoms with E-state index >= 15 is 0 Å². The molecule has 4 aromatic carbocycles. The Morgan fingerprint density at radius 2 is 1.55 bits per heavy atom. The van der Waals surface area contributed by atoms with Crippen molar-refractivity contribution in [2.75, 3.05) is 0 Å². The molecule has 0 bridgehead atoms. The van der Waals surface area contributed by atoms with Gasteiger partial charge in [0.05, 0.1) is 0 Å². The summed E-state index contributed by atoms with van der Waals surface area (Å²) in [5, 5.41) is 2.75. The van der Waals surface area contributed by atoms with Gasteiger partial charge in [0.1, 0.15) is 0 Å². The Morgan fingerprint density at radius 3 is 2.23 bits per heavy atom. The topological polar surface area (TPSA) is 0 Å². The van der Waals surface area contributed by atoms with E-state index in [1.807, 2.05) is 0 Å². The average molecular weight is 528 g/mol. The van der Waals surface area contributed by atoms with E-state index in [1.165, 1.54) is 57.0 Å². The van der Waals surface area contributed by atoms with Crippen LogP contribution in [-0.4, -0.2) is 0 Å². The van der Waals surface area contributed by atoms with Gasteiger partial charge < -0.3 is 0 Å².